The molecule has 0 bridgehead atoms. The van der Waals surface area contributed by atoms with E-state index in [4.69, 9.17) is 9.84 Å². The van der Waals surface area contributed by atoms with Crippen LogP contribution in [-0.2, 0) is 20.2 Å². The van der Waals surface area contributed by atoms with Crippen LogP contribution in [0.2, 0.25) is 0 Å². The van der Waals surface area contributed by atoms with E-state index in [1.165, 1.54) is 31.4 Å². The number of halogens is 1. The molecule has 0 aliphatic carbocycles. The number of hydrogen-bond acceptors (Lipinski definition) is 15. The minimum absolute atomic E-state index is 0. The number of azo groups is 1. The second kappa shape index (κ2) is 14.9. The molecule has 1 aromatic heterocycles. The molecule has 0 amide bonds. The predicted octanol–water partition coefficient (Wildman–Crippen LogP) is -4.03. The summed E-state index contributed by atoms with van der Waals surface area (Å²) in [5, 5.41) is 34.4. The molecule has 0 aliphatic rings. The molecule has 4 rings (SSSR count). The summed E-state index contributed by atoms with van der Waals surface area (Å²) in [5.41, 5.74) is -1.20. The molecule has 4 aromatic rings. The van der Waals surface area contributed by atoms with Crippen molar-refractivity contribution in [3.05, 3.63) is 48.5 Å². The van der Waals surface area contributed by atoms with E-state index in [2.05, 4.69) is 35.8 Å². The first-order valence-corrected chi connectivity index (χ1v) is 14.0. The van der Waals surface area contributed by atoms with Crippen molar-refractivity contribution in [1.82, 2.24) is 15.0 Å². The molecule has 0 saturated heterocycles. The number of hydrogen-bond donors (Lipinski definition) is 4. The van der Waals surface area contributed by atoms with Crippen molar-refractivity contribution >= 4 is 60.0 Å². The van der Waals surface area contributed by atoms with Crippen LogP contribution in [0.15, 0.2) is 62.5 Å². The Morgan fingerprint density at radius 2 is 1.67 bits per heavy atom. The summed E-state index contributed by atoms with van der Waals surface area (Å²) >= 11 is 0. The SMILES string of the molecule is COc1ccc(N=Nc2c(S(=O)(=O)O)cc3cc(Nc4nc(F)nc(NCCO)n4)ccc3c2[O-])c(S(=O)(=O)[O-])c1.[Na+].[Na+]. The third-order valence-electron chi connectivity index (χ3n) is 5.26. The predicted molar refractivity (Wildman–Crippen MR) is 137 cm³/mol. The van der Waals surface area contributed by atoms with Crippen LogP contribution in [-0.4, -0.2) is 66.3 Å². The van der Waals surface area contributed by atoms with E-state index in [0.29, 0.717) is 0 Å². The Balaban J connectivity index is 0.00000323. The van der Waals surface area contributed by atoms with Crippen LogP contribution in [0.5, 0.6) is 11.5 Å². The number of benzene rings is 3. The number of aliphatic hydroxyl groups excluding tert-OH is 1. The molecule has 3 aromatic carbocycles. The molecule has 0 spiro atoms. The first kappa shape index (κ1) is 36.6. The van der Waals surface area contributed by atoms with E-state index in [1.807, 2.05) is 0 Å². The van der Waals surface area contributed by atoms with E-state index in [1.54, 1.807) is 0 Å². The number of nitrogens with zero attached hydrogens (tertiary/aromatic N) is 5. The molecule has 16 nitrogen and oxygen atoms in total. The molecule has 0 saturated carbocycles. The van der Waals surface area contributed by atoms with Crippen molar-refractivity contribution in [2.75, 3.05) is 30.9 Å². The van der Waals surface area contributed by atoms with E-state index >= 15 is 0 Å². The Hall–Kier alpha value is -2.56. The average molecular weight is 654 g/mol. The van der Waals surface area contributed by atoms with E-state index in [9.17, 15) is 35.4 Å². The van der Waals surface area contributed by atoms with Crippen molar-refractivity contribution in [3.8, 4) is 11.5 Å². The van der Waals surface area contributed by atoms with Crippen LogP contribution in [0, 0.1) is 6.08 Å². The van der Waals surface area contributed by atoms with Gasteiger partial charge < -0.3 is 30.1 Å². The van der Waals surface area contributed by atoms with E-state index < -0.39 is 53.2 Å². The maximum atomic E-state index is 13.8. The molecule has 216 valence electrons. The molecule has 0 unspecified atom stereocenters. The van der Waals surface area contributed by atoms with Crippen LogP contribution in [0.25, 0.3) is 10.8 Å². The number of ether oxygens (including phenoxy) is 1. The van der Waals surface area contributed by atoms with Gasteiger partial charge in [-0.2, -0.15) is 27.8 Å². The largest absolute Gasteiger partial charge is 1.00 e. The van der Waals surface area contributed by atoms with Gasteiger partial charge in [-0.15, -0.1) is 10.2 Å². The fraction of sp³-hybridized carbons (Fsp3) is 0.136. The van der Waals surface area contributed by atoms with Crippen LogP contribution in [0.4, 0.5) is 33.3 Å². The van der Waals surface area contributed by atoms with Crippen molar-refractivity contribution in [1.29, 1.82) is 0 Å². The first-order valence-electron chi connectivity index (χ1n) is 11.1. The fourth-order valence-electron chi connectivity index (χ4n) is 3.50. The average Bonchev–Trinajstić information content (AvgIpc) is 2.89. The number of fused-ring (bicyclic) bond motifs is 1. The monoisotopic (exact) mass is 653 g/mol. The van der Waals surface area contributed by atoms with Gasteiger partial charge in [0.05, 0.1) is 24.3 Å². The number of anilines is 3. The molecule has 0 aliphatic heterocycles. The quantitative estimate of drug-likeness (QED) is 0.0723. The maximum absolute atomic E-state index is 13.8. The van der Waals surface area contributed by atoms with Gasteiger partial charge in [-0.25, -0.2) is 8.42 Å². The molecule has 0 fully saturated rings. The third kappa shape index (κ3) is 8.99. The number of nitrogens with one attached hydrogen (secondary N) is 2. The second-order valence-corrected chi connectivity index (χ2v) is 10.7. The molecular formula is C22H18FN7Na2O9S2. The summed E-state index contributed by atoms with van der Waals surface area (Å²) < 4.78 is 87.8. The van der Waals surface area contributed by atoms with Gasteiger partial charge >= 0.3 is 65.2 Å². The molecular weight excluding hydrogens is 635 g/mol. The minimum atomic E-state index is -5.08. The zero-order valence-electron chi connectivity index (χ0n) is 22.6. The third-order valence-corrected chi connectivity index (χ3v) is 7.00. The molecule has 21 heteroatoms. The Labute approximate surface area is 287 Å². The maximum Gasteiger partial charge on any atom is 1.00 e. The van der Waals surface area contributed by atoms with Gasteiger partial charge in [-0.1, -0.05) is 11.8 Å². The summed E-state index contributed by atoms with van der Waals surface area (Å²) in [4.78, 5) is 9.04. The van der Waals surface area contributed by atoms with Crippen LogP contribution in [0.1, 0.15) is 0 Å². The summed E-state index contributed by atoms with van der Waals surface area (Å²) in [6.07, 6.45) is -1.14. The molecule has 0 atom stereocenters. The van der Waals surface area contributed by atoms with Crippen LogP contribution in [0.3, 0.4) is 0 Å². The van der Waals surface area contributed by atoms with E-state index in [-0.39, 0.29) is 106 Å². The fourth-order valence-corrected chi connectivity index (χ4v) is 4.78. The Morgan fingerprint density at radius 1 is 0.977 bits per heavy atom. The van der Waals surface area contributed by atoms with Crippen molar-refractivity contribution < 1.29 is 104 Å². The van der Waals surface area contributed by atoms with Crippen molar-refractivity contribution in [2.45, 2.75) is 9.79 Å². The summed E-state index contributed by atoms with van der Waals surface area (Å²) in [7, 11) is -8.93. The second-order valence-electron chi connectivity index (χ2n) is 7.98. The zero-order chi connectivity index (χ0) is 29.9. The zero-order valence-corrected chi connectivity index (χ0v) is 28.3. The number of methoxy groups -OCH3 is 1. The van der Waals surface area contributed by atoms with Gasteiger partial charge in [0.2, 0.25) is 11.9 Å². The number of rotatable bonds is 10. The summed E-state index contributed by atoms with van der Waals surface area (Å²) in [5.74, 6) is -1.44. The molecule has 4 N–H and O–H groups in total. The topological polar surface area (TPSA) is 252 Å². The standard InChI is InChI=1S/C22H20FN7O9S2.2Na/c1-39-13-3-5-15(16(10-13)40(33,34)35)29-30-18-17(41(36,37)38)9-11-8-12(2-4-14(11)19(18)32)25-22-27-20(23)26-21(28-22)24-6-7-31;;/h2-5,8-10,31-32H,6-7H2,1H3,(H,33,34,35)(H,36,37,38)(H2,24,25,26,27,28);;/q;2*+1/p-2. The molecule has 0 radical (unpaired) electrons. The van der Waals surface area contributed by atoms with Gasteiger partial charge in [0.25, 0.3) is 10.1 Å². The number of aromatic nitrogens is 3. The minimum Gasteiger partial charge on any atom is -0.871 e. The number of aliphatic hydroxyl groups is 1. The van der Waals surface area contributed by atoms with Crippen molar-refractivity contribution in [3.63, 3.8) is 0 Å². The summed E-state index contributed by atoms with van der Waals surface area (Å²) in [6, 6.07) is 7.98. The van der Waals surface area contributed by atoms with Gasteiger partial charge in [0, 0.05) is 12.2 Å². The Bertz CT molecular complexity index is 1900. The van der Waals surface area contributed by atoms with E-state index in [0.717, 1.165) is 18.2 Å². The first-order chi connectivity index (χ1) is 19.3. The van der Waals surface area contributed by atoms with Crippen molar-refractivity contribution in [2.24, 2.45) is 10.2 Å². The molecule has 1 heterocycles. The smallest absolute Gasteiger partial charge is 0.871 e. The van der Waals surface area contributed by atoms with Gasteiger partial charge in [0.1, 0.15) is 26.5 Å². The normalized spacial score (nSPS) is 11.6. The Morgan fingerprint density at radius 3 is 2.30 bits per heavy atom. The Kier molecular flexibility index (Phi) is 12.7. The van der Waals surface area contributed by atoms with Crippen LogP contribution >= 0.6 is 0 Å². The van der Waals surface area contributed by atoms with Gasteiger partial charge in [-0.05, 0) is 47.2 Å². The van der Waals surface area contributed by atoms with Gasteiger partial charge in [-0.3, -0.25) is 4.55 Å². The van der Waals surface area contributed by atoms with Crippen LogP contribution < -0.4 is 79.6 Å². The molecule has 43 heavy (non-hydrogen) atoms. The summed E-state index contributed by atoms with van der Waals surface area (Å²) in [6.45, 7) is -0.232. The van der Waals surface area contributed by atoms with Gasteiger partial charge in [0.15, 0.2) is 0 Å².